The second-order valence-corrected chi connectivity index (χ2v) is 13.8. The van der Waals surface area contributed by atoms with E-state index in [2.05, 4.69) is 91.8 Å². The highest BCUT2D eigenvalue weighted by Crippen LogP contribution is 2.41. The first-order valence-electron chi connectivity index (χ1n) is 11.9. The maximum absolute atomic E-state index is 14.2. The predicted molar refractivity (Wildman–Crippen MR) is 143 cm³/mol. The minimum Gasteiger partial charge on any atom is -0.207 e. The molecule has 33 heavy (non-hydrogen) atoms. The van der Waals surface area contributed by atoms with Crippen LogP contribution in [-0.4, -0.2) is 8.07 Å². The molecule has 1 aliphatic carbocycles. The SMILES string of the molecule is CC1=C(C)C(C)C([Si](c2ccc(F)cc2)(c2cc(C)cc(C)c2)c2cc(C)cc(C)c2)=C1C. The third-order valence-corrected chi connectivity index (χ3v) is 12.8. The van der Waals surface area contributed by atoms with Crippen molar-refractivity contribution < 1.29 is 4.39 Å². The lowest BCUT2D eigenvalue weighted by Crippen LogP contribution is -2.69. The molecule has 0 aromatic heterocycles. The number of hydrogen-bond donors (Lipinski definition) is 0. The normalized spacial score (nSPS) is 16.7. The minimum absolute atomic E-state index is 0.182. The van der Waals surface area contributed by atoms with Gasteiger partial charge in [0.2, 0.25) is 0 Å². The Morgan fingerprint density at radius 1 is 0.576 bits per heavy atom. The van der Waals surface area contributed by atoms with Crippen LogP contribution >= 0.6 is 0 Å². The summed E-state index contributed by atoms with van der Waals surface area (Å²) in [5, 5.41) is 5.57. The van der Waals surface area contributed by atoms with E-state index in [1.165, 1.54) is 54.5 Å². The van der Waals surface area contributed by atoms with Gasteiger partial charge in [0.25, 0.3) is 0 Å². The van der Waals surface area contributed by atoms with Gasteiger partial charge in [-0.1, -0.05) is 94.1 Å². The van der Waals surface area contributed by atoms with Crippen LogP contribution in [0.3, 0.4) is 0 Å². The molecule has 0 bridgehead atoms. The number of benzene rings is 3. The van der Waals surface area contributed by atoms with Crippen molar-refractivity contribution in [2.24, 2.45) is 5.92 Å². The standard InChI is InChI=1S/C31H35FSi/c1-19-13-20(2)16-29(15-19)33(28-11-9-27(32)10-12-28,30-17-21(3)14-22(4)18-30)31-25(7)23(5)24(6)26(31)8/h9-18,25H,1-8H3. The van der Waals surface area contributed by atoms with Gasteiger partial charge in [-0.25, -0.2) is 4.39 Å². The van der Waals surface area contributed by atoms with Crippen LogP contribution in [0.15, 0.2) is 82.6 Å². The van der Waals surface area contributed by atoms with E-state index in [9.17, 15) is 4.39 Å². The van der Waals surface area contributed by atoms with E-state index >= 15 is 0 Å². The third kappa shape index (κ3) is 3.85. The molecule has 0 saturated carbocycles. The van der Waals surface area contributed by atoms with Crippen molar-refractivity contribution >= 4 is 23.6 Å². The van der Waals surface area contributed by atoms with Gasteiger partial charge in [0.1, 0.15) is 5.82 Å². The number of allylic oxidation sites excluding steroid dienone is 4. The predicted octanol–water partition coefficient (Wildman–Crippen LogP) is 6.37. The smallest absolute Gasteiger partial charge is 0.176 e. The highest BCUT2D eigenvalue weighted by Gasteiger charge is 2.48. The summed E-state index contributed by atoms with van der Waals surface area (Å²) >= 11 is 0. The molecule has 0 amide bonds. The first kappa shape index (κ1) is 23.4. The quantitative estimate of drug-likeness (QED) is 0.317. The van der Waals surface area contributed by atoms with Crippen LogP contribution in [0.5, 0.6) is 0 Å². The Kier molecular flexibility index (Phi) is 6.09. The fourth-order valence-corrected chi connectivity index (χ4v) is 12.0. The van der Waals surface area contributed by atoms with E-state index in [-0.39, 0.29) is 5.82 Å². The largest absolute Gasteiger partial charge is 0.207 e. The van der Waals surface area contributed by atoms with E-state index in [0.717, 1.165) is 0 Å². The molecule has 0 aliphatic heterocycles. The zero-order chi connectivity index (χ0) is 24.1. The summed E-state index contributed by atoms with van der Waals surface area (Å²) in [6, 6.07) is 21.4. The monoisotopic (exact) mass is 454 g/mol. The van der Waals surface area contributed by atoms with Crippen molar-refractivity contribution in [1.82, 2.24) is 0 Å². The Hall–Kier alpha value is -2.71. The van der Waals surface area contributed by atoms with Crippen LogP contribution < -0.4 is 15.6 Å². The Morgan fingerprint density at radius 2 is 1.00 bits per heavy atom. The van der Waals surface area contributed by atoms with E-state index in [0.29, 0.717) is 5.92 Å². The van der Waals surface area contributed by atoms with Gasteiger partial charge in [0.05, 0.1) is 0 Å². The lowest BCUT2D eigenvalue weighted by atomic mass is 10.1. The van der Waals surface area contributed by atoms with Gasteiger partial charge in [0.15, 0.2) is 8.07 Å². The molecule has 3 aromatic rings. The van der Waals surface area contributed by atoms with Gasteiger partial charge in [-0.15, -0.1) is 0 Å². The zero-order valence-corrected chi connectivity index (χ0v) is 22.2. The molecule has 0 N–H and O–H groups in total. The number of hydrogen-bond acceptors (Lipinski definition) is 0. The summed E-state index contributed by atoms with van der Waals surface area (Å²) < 4.78 is 14.2. The second kappa shape index (κ2) is 8.57. The molecular formula is C31H35FSi. The van der Waals surface area contributed by atoms with Crippen LogP contribution in [0.4, 0.5) is 4.39 Å². The Balaban J connectivity index is 2.24. The molecule has 4 rings (SSSR count). The Morgan fingerprint density at radius 3 is 1.36 bits per heavy atom. The van der Waals surface area contributed by atoms with E-state index in [1.54, 1.807) is 17.3 Å². The highest BCUT2D eigenvalue weighted by atomic mass is 28.3. The van der Waals surface area contributed by atoms with Crippen LogP contribution in [0.2, 0.25) is 0 Å². The minimum atomic E-state index is -2.68. The summed E-state index contributed by atoms with van der Waals surface area (Å²) in [5.74, 6) is 0.168. The maximum Gasteiger partial charge on any atom is 0.176 e. The molecule has 1 aliphatic rings. The van der Waals surface area contributed by atoms with E-state index < -0.39 is 8.07 Å². The number of rotatable bonds is 4. The van der Waals surface area contributed by atoms with Crippen molar-refractivity contribution in [2.45, 2.75) is 55.4 Å². The molecule has 0 heterocycles. The highest BCUT2D eigenvalue weighted by molar-refractivity contribution is 7.16. The molecule has 0 nitrogen and oxygen atoms in total. The van der Waals surface area contributed by atoms with Crippen molar-refractivity contribution in [3.63, 3.8) is 0 Å². The van der Waals surface area contributed by atoms with Crippen molar-refractivity contribution in [2.75, 3.05) is 0 Å². The van der Waals surface area contributed by atoms with Gasteiger partial charge in [-0.05, 0) is 87.7 Å². The molecule has 0 saturated heterocycles. The van der Waals surface area contributed by atoms with Crippen molar-refractivity contribution in [3.8, 4) is 0 Å². The van der Waals surface area contributed by atoms with E-state index in [4.69, 9.17) is 0 Å². The molecule has 1 atom stereocenters. The summed E-state index contributed by atoms with van der Waals surface area (Å²) in [4.78, 5) is 0. The first-order chi connectivity index (χ1) is 15.5. The molecular weight excluding hydrogens is 419 g/mol. The summed E-state index contributed by atoms with van der Waals surface area (Å²) in [7, 11) is -2.68. The lowest BCUT2D eigenvalue weighted by molar-refractivity contribution is 0.628. The van der Waals surface area contributed by atoms with Crippen LogP contribution in [0, 0.1) is 39.4 Å². The number of aryl methyl sites for hydroxylation is 4. The fourth-order valence-electron chi connectivity index (χ4n) is 6.02. The molecule has 2 heteroatoms. The van der Waals surface area contributed by atoms with Crippen LogP contribution in [-0.2, 0) is 0 Å². The number of halogens is 1. The summed E-state index contributed by atoms with van der Waals surface area (Å²) in [5.41, 5.74) is 9.38. The average Bonchev–Trinajstić information content (AvgIpc) is 2.92. The average molecular weight is 455 g/mol. The van der Waals surface area contributed by atoms with Gasteiger partial charge in [0, 0.05) is 0 Å². The lowest BCUT2D eigenvalue weighted by Gasteiger charge is -2.39. The summed E-state index contributed by atoms with van der Waals surface area (Å²) in [6.07, 6.45) is 0. The van der Waals surface area contributed by atoms with Crippen LogP contribution in [0.1, 0.15) is 49.9 Å². The van der Waals surface area contributed by atoms with Gasteiger partial charge >= 0.3 is 0 Å². The van der Waals surface area contributed by atoms with Crippen molar-refractivity contribution in [1.29, 1.82) is 0 Å². The topological polar surface area (TPSA) is 0 Å². The fraction of sp³-hybridized carbons (Fsp3) is 0.290. The molecule has 0 radical (unpaired) electrons. The molecule has 170 valence electrons. The van der Waals surface area contributed by atoms with Gasteiger partial charge < -0.3 is 0 Å². The first-order valence-corrected chi connectivity index (χ1v) is 13.9. The Bertz CT molecular complexity index is 1200. The Labute approximate surface area is 199 Å². The maximum atomic E-state index is 14.2. The second-order valence-electron chi connectivity index (χ2n) is 10.1. The third-order valence-electron chi connectivity index (χ3n) is 7.63. The van der Waals surface area contributed by atoms with Crippen LogP contribution in [0.25, 0.3) is 0 Å². The molecule has 0 fully saturated rings. The summed E-state index contributed by atoms with van der Waals surface area (Å²) in [6.45, 7) is 18.0. The van der Waals surface area contributed by atoms with Gasteiger partial charge in [-0.3, -0.25) is 0 Å². The molecule has 0 spiro atoms. The van der Waals surface area contributed by atoms with E-state index in [1.807, 2.05) is 12.1 Å². The van der Waals surface area contributed by atoms with Crippen molar-refractivity contribution in [3.05, 3.63) is 111 Å². The molecule has 3 aromatic carbocycles. The molecule has 1 unspecified atom stereocenters. The van der Waals surface area contributed by atoms with Gasteiger partial charge in [-0.2, -0.15) is 0 Å². The zero-order valence-electron chi connectivity index (χ0n) is 21.2.